The molecule has 1 saturated heterocycles. The minimum Gasteiger partial charge on any atom is -0.355 e. The molecular weight excluding hydrogens is 236 g/mol. The van der Waals surface area contributed by atoms with Gasteiger partial charge in [0.1, 0.15) is 5.82 Å². The molecule has 2 aromatic heterocycles. The van der Waals surface area contributed by atoms with Crippen LogP contribution in [0, 0.1) is 12.8 Å². The first-order chi connectivity index (χ1) is 9.24. The van der Waals surface area contributed by atoms with Crippen molar-refractivity contribution in [1.29, 1.82) is 0 Å². The van der Waals surface area contributed by atoms with Crippen LogP contribution in [0.25, 0.3) is 0 Å². The lowest BCUT2D eigenvalue weighted by Crippen LogP contribution is -2.41. The summed E-state index contributed by atoms with van der Waals surface area (Å²) in [5, 5.41) is 0. The number of aromatic nitrogens is 3. The molecule has 0 unspecified atom stereocenters. The number of hydrogen-bond acceptors (Lipinski definition) is 3. The van der Waals surface area contributed by atoms with Gasteiger partial charge in [-0.25, -0.2) is 9.97 Å². The number of imidazole rings is 1. The highest BCUT2D eigenvalue weighted by molar-refractivity contribution is 5.40. The Morgan fingerprint density at radius 2 is 2.21 bits per heavy atom. The quantitative estimate of drug-likeness (QED) is 0.828. The summed E-state index contributed by atoms with van der Waals surface area (Å²) in [6.45, 7) is 6.46. The van der Waals surface area contributed by atoms with Crippen LogP contribution in [-0.4, -0.2) is 27.6 Å². The van der Waals surface area contributed by atoms with Crippen molar-refractivity contribution in [3.05, 3.63) is 42.6 Å². The van der Waals surface area contributed by atoms with Crippen LogP contribution < -0.4 is 4.90 Å². The lowest BCUT2D eigenvalue weighted by Gasteiger charge is -2.38. The van der Waals surface area contributed by atoms with E-state index >= 15 is 0 Å². The molecule has 0 bridgehead atoms. The molecule has 2 atom stereocenters. The van der Waals surface area contributed by atoms with Gasteiger partial charge in [0.25, 0.3) is 0 Å². The molecule has 0 saturated carbocycles. The zero-order valence-electron chi connectivity index (χ0n) is 11.5. The third kappa shape index (κ3) is 2.48. The summed E-state index contributed by atoms with van der Waals surface area (Å²) in [5.74, 6) is 1.77. The molecule has 3 rings (SSSR count). The van der Waals surface area contributed by atoms with Gasteiger partial charge in [0.2, 0.25) is 0 Å². The van der Waals surface area contributed by atoms with E-state index in [4.69, 9.17) is 0 Å². The Bertz CT molecular complexity index is 535. The van der Waals surface area contributed by atoms with Gasteiger partial charge in [-0.2, -0.15) is 0 Å². The third-order valence-electron chi connectivity index (χ3n) is 4.02. The predicted octanol–water partition coefficient (Wildman–Crippen LogP) is 2.67. The topological polar surface area (TPSA) is 34.0 Å². The molecule has 100 valence electrons. The van der Waals surface area contributed by atoms with Gasteiger partial charge in [0.05, 0.1) is 12.4 Å². The van der Waals surface area contributed by atoms with Crippen LogP contribution >= 0.6 is 0 Å². The summed E-state index contributed by atoms with van der Waals surface area (Å²) in [7, 11) is 0. The number of anilines is 1. The zero-order chi connectivity index (χ0) is 13.2. The monoisotopic (exact) mass is 256 g/mol. The standard InChI is InChI=1S/C15H20N4/c1-12-6-8-18(15-5-3-4-13(2)17-15)10-14(12)19-9-7-16-11-19/h3-5,7,9,11-12,14H,6,8,10H2,1-2H3/t12-,14-/m1/s1. The maximum atomic E-state index is 4.64. The predicted molar refractivity (Wildman–Crippen MR) is 76.2 cm³/mol. The Morgan fingerprint density at radius 1 is 1.32 bits per heavy atom. The Hall–Kier alpha value is -1.84. The normalized spacial score (nSPS) is 23.6. The van der Waals surface area contributed by atoms with Gasteiger partial charge in [-0.15, -0.1) is 0 Å². The van der Waals surface area contributed by atoms with Crippen LogP contribution in [-0.2, 0) is 0 Å². The minimum atomic E-state index is 0.485. The van der Waals surface area contributed by atoms with Crippen LogP contribution in [0.2, 0.25) is 0 Å². The van der Waals surface area contributed by atoms with E-state index in [2.05, 4.69) is 44.7 Å². The summed E-state index contributed by atoms with van der Waals surface area (Å²) >= 11 is 0. The average Bonchev–Trinajstić information content (AvgIpc) is 2.93. The molecule has 3 heterocycles. The molecular formula is C15H20N4. The first kappa shape index (κ1) is 12.2. The lowest BCUT2D eigenvalue weighted by atomic mass is 9.93. The van der Waals surface area contributed by atoms with Gasteiger partial charge < -0.3 is 9.47 Å². The molecule has 0 spiro atoms. The fraction of sp³-hybridized carbons (Fsp3) is 0.467. The second kappa shape index (κ2) is 5.03. The summed E-state index contributed by atoms with van der Waals surface area (Å²) < 4.78 is 2.23. The number of aryl methyl sites for hydroxylation is 1. The van der Waals surface area contributed by atoms with E-state index in [1.807, 2.05) is 25.5 Å². The van der Waals surface area contributed by atoms with Crippen molar-refractivity contribution < 1.29 is 0 Å². The van der Waals surface area contributed by atoms with Crippen molar-refractivity contribution in [3.63, 3.8) is 0 Å². The molecule has 0 radical (unpaired) electrons. The molecule has 0 amide bonds. The molecule has 1 fully saturated rings. The van der Waals surface area contributed by atoms with Crippen LogP contribution in [0.5, 0.6) is 0 Å². The summed E-state index contributed by atoms with van der Waals surface area (Å²) in [5.41, 5.74) is 1.08. The van der Waals surface area contributed by atoms with Crippen LogP contribution in [0.4, 0.5) is 5.82 Å². The van der Waals surface area contributed by atoms with Crippen molar-refractivity contribution >= 4 is 5.82 Å². The largest absolute Gasteiger partial charge is 0.355 e. The van der Waals surface area contributed by atoms with Crippen molar-refractivity contribution in [1.82, 2.24) is 14.5 Å². The highest BCUT2D eigenvalue weighted by atomic mass is 15.2. The van der Waals surface area contributed by atoms with E-state index in [9.17, 15) is 0 Å². The van der Waals surface area contributed by atoms with E-state index in [-0.39, 0.29) is 0 Å². The Morgan fingerprint density at radius 3 is 2.95 bits per heavy atom. The summed E-state index contributed by atoms with van der Waals surface area (Å²) in [6, 6.07) is 6.72. The smallest absolute Gasteiger partial charge is 0.128 e. The van der Waals surface area contributed by atoms with Crippen LogP contribution in [0.15, 0.2) is 36.9 Å². The second-order valence-electron chi connectivity index (χ2n) is 5.43. The minimum absolute atomic E-state index is 0.485. The SMILES string of the molecule is Cc1cccc(N2CC[C@@H](C)[C@H](n3ccnc3)C2)n1. The van der Waals surface area contributed by atoms with Crippen molar-refractivity contribution in [2.24, 2.45) is 5.92 Å². The van der Waals surface area contributed by atoms with Crippen molar-refractivity contribution in [2.45, 2.75) is 26.3 Å². The van der Waals surface area contributed by atoms with Crippen LogP contribution in [0.1, 0.15) is 25.1 Å². The molecule has 0 N–H and O–H groups in total. The van der Waals surface area contributed by atoms with E-state index in [1.54, 1.807) is 0 Å². The fourth-order valence-electron chi connectivity index (χ4n) is 2.82. The summed E-state index contributed by atoms with van der Waals surface area (Å²) in [4.78, 5) is 11.2. The number of hydrogen-bond donors (Lipinski definition) is 0. The van der Waals surface area contributed by atoms with Gasteiger partial charge in [-0.05, 0) is 31.4 Å². The molecule has 4 heteroatoms. The van der Waals surface area contributed by atoms with Gasteiger partial charge in [0, 0.05) is 31.2 Å². The van der Waals surface area contributed by atoms with E-state index in [1.165, 1.54) is 6.42 Å². The maximum absolute atomic E-state index is 4.64. The molecule has 1 aliphatic rings. The van der Waals surface area contributed by atoms with Gasteiger partial charge in [-0.3, -0.25) is 0 Å². The Kier molecular flexibility index (Phi) is 3.23. The van der Waals surface area contributed by atoms with Crippen molar-refractivity contribution in [2.75, 3.05) is 18.0 Å². The van der Waals surface area contributed by atoms with E-state index < -0.39 is 0 Å². The molecule has 0 aliphatic carbocycles. The Labute approximate surface area is 114 Å². The highest BCUT2D eigenvalue weighted by Gasteiger charge is 2.27. The lowest BCUT2D eigenvalue weighted by molar-refractivity contribution is 0.298. The van der Waals surface area contributed by atoms with Crippen LogP contribution in [0.3, 0.4) is 0 Å². The van der Waals surface area contributed by atoms with E-state index in [0.717, 1.165) is 24.6 Å². The molecule has 19 heavy (non-hydrogen) atoms. The first-order valence-electron chi connectivity index (χ1n) is 6.90. The highest BCUT2D eigenvalue weighted by Crippen LogP contribution is 2.29. The molecule has 1 aliphatic heterocycles. The Balaban J connectivity index is 1.82. The summed E-state index contributed by atoms with van der Waals surface area (Å²) in [6.07, 6.45) is 7.04. The number of nitrogens with zero attached hydrogens (tertiary/aromatic N) is 4. The van der Waals surface area contributed by atoms with Gasteiger partial charge >= 0.3 is 0 Å². The van der Waals surface area contributed by atoms with Gasteiger partial charge in [-0.1, -0.05) is 13.0 Å². The maximum Gasteiger partial charge on any atom is 0.128 e. The first-order valence-corrected chi connectivity index (χ1v) is 6.90. The fourth-order valence-corrected chi connectivity index (χ4v) is 2.82. The average molecular weight is 256 g/mol. The molecule has 0 aromatic carbocycles. The number of pyridine rings is 1. The third-order valence-corrected chi connectivity index (χ3v) is 4.02. The zero-order valence-corrected chi connectivity index (χ0v) is 11.5. The number of piperidine rings is 1. The molecule has 2 aromatic rings. The number of rotatable bonds is 2. The van der Waals surface area contributed by atoms with Gasteiger partial charge in [0.15, 0.2) is 0 Å². The van der Waals surface area contributed by atoms with E-state index in [0.29, 0.717) is 12.0 Å². The second-order valence-corrected chi connectivity index (χ2v) is 5.43. The molecule has 4 nitrogen and oxygen atoms in total. The van der Waals surface area contributed by atoms with Crippen molar-refractivity contribution in [3.8, 4) is 0 Å².